The molecule has 0 aromatic rings. The molecule has 1 aliphatic heterocycles. The van der Waals surface area contributed by atoms with Crippen LogP contribution in [-0.2, 0) is 9.53 Å². The number of nitrogens with one attached hydrogen (secondary N) is 1. The van der Waals surface area contributed by atoms with Gasteiger partial charge in [0.15, 0.2) is 0 Å². The molecule has 1 rings (SSSR count). The Labute approximate surface area is 84.7 Å². The standard InChI is InChI=1S/C10H18N2O2/c1-2-14-10(13)6-8-12-9-5-3-4-7-11-9/h2-8H2,1H3,(H,11,12). The Morgan fingerprint density at radius 2 is 2.43 bits per heavy atom. The molecular weight excluding hydrogens is 180 g/mol. The lowest BCUT2D eigenvalue weighted by atomic mass is 10.2. The van der Waals surface area contributed by atoms with Crippen molar-refractivity contribution in [1.82, 2.24) is 5.32 Å². The number of esters is 1. The van der Waals surface area contributed by atoms with Crippen LogP contribution in [0.4, 0.5) is 0 Å². The number of nitrogens with zero attached hydrogens (tertiary/aromatic N) is 1. The Morgan fingerprint density at radius 3 is 3.07 bits per heavy atom. The highest BCUT2D eigenvalue weighted by Crippen LogP contribution is 2.03. The zero-order valence-electron chi connectivity index (χ0n) is 8.71. The van der Waals surface area contributed by atoms with Crippen LogP contribution in [0.5, 0.6) is 0 Å². The van der Waals surface area contributed by atoms with Crippen molar-refractivity contribution in [2.24, 2.45) is 4.99 Å². The van der Waals surface area contributed by atoms with E-state index in [1.165, 1.54) is 12.8 Å². The van der Waals surface area contributed by atoms with Gasteiger partial charge < -0.3 is 10.1 Å². The van der Waals surface area contributed by atoms with Crippen LogP contribution in [-0.4, -0.2) is 31.5 Å². The van der Waals surface area contributed by atoms with Crippen molar-refractivity contribution in [2.45, 2.75) is 32.6 Å². The topological polar surface area (TPSA) is 50.7 Å². The summed E-state index contributed by atoms with van der Waals surface area (Å²) in [6, 6.07) is 0. The molecule has 4 nitrogen and oxygen atoms in total. The molecule has 0 aromatic heterocycles. The monoisotopic (exact) mass is 198 g/mol. The van der Waals surface area contributed by atoms with Crippen LogP contribution >= 0.6 is 0 Å². The summed E-state index contributed by atoms with van der Waals surface area (Å²) >= 11 is 0. The highest BCUT2D eigenvalue weighted by atomic mass is 16.5. The minimum atomic E-state index is -0.142. The second kappa shape index (κ2) is 6.40. The van der Waals surface area contributed by atoms with Gasteiger partial charge >= 0.3 is 5.97 Å². The number of carbonyl (C=O) groups excluding carboxylic acids is 1. The molecule has 0 saturated carbocycles. The average molecular weight is 198 g/mol. The summed E-state index contributed by atoms with van der Waals surface area (Å²) in [6.07, 6.45) is 3.82. The van der Waals surface area contributed by atoms with E-state index in [9.17, 15) is 4.79 Å². The van der Waals surface area contributed by atoms with Crippen LogP contribution in [0.3, 0.4) is 0 Å². The second-order valence-electron chi connectivity index (χ2n) is 3.27. The maximum absolute atomic E-state index is 11.0. The molecule has 0 saturated heterocycles. The number of hydrogen-bond acceptors (Lipinski definition) is 4. The number of aliphatic imine (C=N–C) groups is 1. The molecule has 0 aliphatic carbocycles. The molecule has 0 amide bonds. The third-order valence-electron chi connectivity index (χ3n) is 2.09. The Balaban J connectivity index is 2.08. The largest absolute Gasteiger partial charge is 0.466 e. The minimum absolute atomic E-state index is 0.142. The smallest absolute Gasteiger partial charge is 0.307 e. The zero-order chi connectivity index (χ0) is 10.2. The molecule has 1 heterocycles. The summed E-state index contributed by atoms with van der Waals surface area (Å²) in [6.45, 7) is 3.83. The van der Waals surface area contributed by atoms with E-state index >= 15 is 0 Å². The molecule has 14 heavy (non-hydrogen) atoms. The molecule has 1 N–H and O–H groups in total. The van der Waals surface area contributed by atoms with Gasteiger partial charge in [0.25, 0.3) is 0 Å². The van der Waals surface area contributed by atoms with Crippen LogP contribution in [0.1, 0.15) is 32.6 Å². The average Bonchev–Trinajstić information content (AvgIpc) is 2.20. The zero-order valence-corrected chi connectivity index (χ0v) is 8.71. The van der Waals surface area contributed by atoms with Gasteiger partial charge in [-0.25, -0.2) is 0 Å². The van der Waals surface area contributed by atoms with Gasteiger partial charge in [-0.1, -0.05) is 0 Å². The molecule has 0 spiro atoms. The van der Waals surface area contributed by atoms with Crippen molar-refractivity contribution in [3.63, 3.8) is 0 Å². The van der Waals surface area contributed by atoms with Gasteiger partial charge in [-0.2, -0.15) is 0 Å². The second-order valence-corrected chi connectivity index (χ2v) is 3.27. The predicted molar refractivity (Wildman–Crippen MR) is 55.4 cm³/mol. The molecule has 1 aliphatic rings. The third-order valence-corrected chi connectivity index (χ3v) is 2.09. The third kappa shape index (κ3) is 4.25. The molecule has 0 aromatic carbocycles. The molecule has 0 bridgehead atoms. The normalized spacial score (nSPS) is 15.9. The molecule has 0 fully saturated rings. The van der Waals surface area contributed by atoms with Crippen LogP contribution in [0.25, 0.3) is 0 Å². The summed E-state index contributed by atoms with van der Waals surface area (Å²) in [5.74, 6) is 0.900. The number of carbonyl (C=O) groups is 1. The van der Waals surface area contributed by atoms with Gasteiger partial charge in [-0.15, -0.1) is 0 Å². The Morgan fingerprint density at radius 1 is 1.57 bits per heavy atom. The first-order chi connectivity index (χ1) is 6.83. The van der Waals surface area contributed by atoms with Gasteiger partial charge in [0.05, 0.1) is 18.9 Å². The molecule has 0 atom stereocenters. The van der Waals surface area contributed by atoms with Gasteiger partial charge in [0.2, 0.25) is 0 Å². The lowest BCUT2D eigenvalue weighted by molar-refractivity contribution is -0.142. The highest BCUT2D eigenvalue weighted by Gasteiger charge is 2.05. The first kappa shape index (κ1) is 11.0. The van der Waals surface area contributed by atoms with E-state index in [1.807, 2.05) is 6.92 Å². The quantitative estimate of drug-likeness (QED) is 0.688. The summed E-state index contributed by atoms with van der Waals surface area (Å²) in [7, 11) is 0. The fraction of sp³-hybridized carbons (Fsp3) is 0.800. The lowest BCUT2D eigenvalue weighted by Crippen LogP contribution is -2.28. The molecule has 4 heteroatoms. The fourth-order valence-corrected chi connectivity index (χ4v) is 1.38. The summed E-state index contributed by atoms with van der Waals surface area (Å²) in [4.78, 5) is 15.3. The van der Waals surface area contributed by atoms with E-state index in [-0.39, 0.29) is 5.97 Å². The van der Waals surface area contributed by atoms with Crippen LogP contribution in [0, 0.1) is 0 Å². The number of amidine groups is 1. The van der Waals surface area contributed by atoms with Gasteiger partial charge in [0.1, 0.15) is 0 Å². The summed E-state index contributed by atoms with van der Waals surface area (Å²) < 4.78 is 4.81. The van der Waals surface area contributed by atoms with E-state index in [0.29, 0.717) is 19.6 Å². The maximum Gasteiger partial charge on any atom is 0.307 e. The maximum atomic E-state index is 11.0. The Bertz CT molecular complexity index is 214. The van der Waals surface area contributed by atoms with E-state index in [0.717, 1.165) is 18.8 Å². The van der Waals surface area contributed by atoms with Crippen LogP contribution < -0.4 is 5.32 Å². The van der Waals surface area contributed by atoms with Crippen molar-refractivity contribution in [3.8, 4) is 0 Å². The SMILES string of the molecule is CCOC(=O)CCNC1=NCCCC1. The Kier molecular flexibility index (Phi) is 5.04. The molecule has 80 valence electrons. The van der Waals surface area contributed by atoms with Crippen LogP contribution in [0.2, 0.25) is 0 Å². The molecular formula is C10H18N2O2. The minimum Gasteiger partial charge on any atom is -0.466 e. The van der Waals surface area contributed by atoms with Crippen molar-refractivity contribution < 1.29 is 9.53 Å². The number of rotatable bonds is 4. The van der Waals surface area contributed by atoms with Crippen molar-refractivity contribution in [3.05, 3.63) is 0 Å². The first-order valence-electron chi connectivity index (χ1n) is 5.25. The molecule has 0 unspecified atom stereocenters. The predicted octanol–water partition coefficient (Wildman–Crippen LogP) is 1.11. The lowest BCUT2D eigenvalue weighted by Gasteiger charge is -2.13. The first-order valence-corrected chi connectivity index (χ1v) is 5.25. The molecule has 0 radical (unpaired) electrons. The van der Waals surface area contributed by atoms with E-state index in [2.05, 4.69) is 10.3 Å². The van der Waals surface area contributed by atoms with Crippen molar-refractivity contribution in [2.75, 3.05) is 19.7 Å². The summed E-state index contributed by atoms with van der Waals surface area (Å²) in [5.41, 5.74) is 0. The van der Waals surface area contributed by atoms with E-state index in [1.54, 1.807) is 0 Å². The fourth-order valence-electron chi connectivity index (χ4n) is 1.38. The van der Waals surface area contributed by atoms with Gasteiger partial charge in [0, 0.05) is 19.5 Å². The van der Waals surface area contributed by atoms with Gasteiger partial charge in [-0.05, 0) is 19.8 Å². The number of hydrogen-bond donors (Lipinski definition) is 1. The number of ether oxygens (including phenoxy) is 1. The van der Waals surface area contributed by atoms with Crippen molar-refractivity contribution >= 4 is 11.8 Å². The Hall–Kier alpha value is -1.06. The summed E-state index contributed by atoms with van der Waals surface area (Å²) in [5, 5.41) is 3.16. The van der Waals surface area contributed by atoms with E-state index in [4.69, 9.17) is 4.74 Å². The van der Waals surface area contributed by atoms with E-state index < -0.39 is 0 Å². The van der Waals surface area contributed by atoms with Gasteiger partial charge in [-0.3, -0.25) is 9.79 Å². The van der Waals surface area contributed by atoms with Crippen molar-refractivity contribution in [1.29, 1.82) is 0 Å². The highest BCUT2D eigenvalue weighted by molar-refractivity contribution is 5.83. The van der Waals surface area contributed by atoms with Crippen LogP contribution in [0.15, 0.2) is 4.99 Å².